The Hall–Kier alpha value is -3.27. The van der Waals surface area contributed by atoms with Gasteiger partial charge in [0.25, 0.3) is 5.91 Å². The molecule has 2 aromatic heterocycles. The molecule has 0 saturated carbocycles. The Morgan fingerprint density at radius 3 is 2.61 bits per heavy atom. The zero-order chi connectivity index (χ0) is 25.8. The highest BCUT2D eigenvalue weighted by Crippen LogP contribution is 2.35. The SMILES string of the molecule is COc1cc(-c2cnc3cc(N4CCN(C)C(C)(C)C4)ccn23)cc2c1C(=O)N(CC(F)(F)F)CC2. The summed E-state index contributed by atoms with van der Waals surface area (Å²) in [6.45, 7) is 6.04. The van der Waals surface area contributed by atoms with Gasteiger partial charge in [-0.3, -0.25) is 14.1 Å². The molecule has 1 saturated heterocycles. The van der Waals surface area contributed by atoms with Crippen LogP contribution >= 0.6 is 0 Å². The Kier molecular flexibility index (Phi) is 5.89. The smallest absolute Gasteiger partial charge is 0.406 e. The van der Waals surface area contributed by atoms with E-state index in [4.69, 9.17) is 4.74 Å². The predicted molar refractivity (Wildman–Crippen MR) is 132 cm³/mol. The van der Waals surface area contributed by atoms with Crippen molar-refractivity contribution in [2.24, 2.45) is 0 Å². The third-order valence-electron chi connectivity index (χ3n) is 7.40. The van der Waals surface area contributed by atoms with Crippen molar-refractivity contribution < 1.29 is 22.7 Å². The summed E-state index contributed by atoms with van der Waals surface area (Å²) in [6, 6.07) is 7.71. The molecule has 1 aromatic carbocycles. The van der Waals surface area contributed by atoms with E-state index in [0.717, 1.165) is 47.1 Å². The number of aromatic nitrogens is 2. The second-order valence-corrected chi connectivity index (χ2v) is 10.2. The lowest BCUT2D eigenvalue weighted by Crippen LogP contribution is -2.57. The first kappa shape index (κ1) is 24.4. The number of methoxy groups -OCH3 is 1. The summed E-state index contributed by atoms with van der Waals surface area (Å²) >= 11 is 0. The van der Waals surface area contributed by atoms with Gasteiger partial charge < -0.3 is 14.5 Å². The number of alkyl halides is 3. The third-order valence-corrected chi connectivity index (χ3v) is 7.40. The number of ether oxygens (including phenoxy) is 1. The molecule has 192 valence electrons. The Labute approximate surface area is 208 Å². The molecule has 1 amide bonds. The van der Waals surface area contributed by atoms with Crippen LogP contribution in [0.4, 0.5) is 18.9 Å². The van der Waals surface area contributed by atoms with Gasteiger partial charge in [-0.25, -0.2) is 4.98 Å². The van der Waals surface area contributed by atoms with Gasteiger partial charge in [0.15, 0.2) is 0 Å². The van der Waals surface area contributed by atoms with E-state index >= 15 is 0 Å². The highest BCUT2D eigenvalue weighted by Gasteiger charge is 2.37. The molecule has 0 atom stereocenters. The monoisotopic (exact) mass is 501 g/mol. The topological polar surface area (TPSA) is 53.3 Å². The molecule has 0 N–H and O–H groups in total. The number of piperazine rings is 1. The van der Waals surface area contributed by atoms with E-state index in [9.17, 15) is 18.0 Å². The van der Waals surface area contributed by atoms with Crippen molar-refractivity contribution >= 4 is 17.2 Å². The molecule has 0 aliphatic carbocycles. The van der Waals surface area contributed by atoms with Crippen molar-refractivity contribution in [3.8, 4) is 17.0 Å². The van der Waals surface area contributed by atoms with Crippen molar-refractivity contribution in [2.45, 2.75) is 32.0 Å². The number of anilines is 1. The second kappa shape index (κ2) is 8.69. The molecule has 10 heteroatoms. The van der Waals surface area contributed by atoms with Gasteiger partial charge in [0.05, 0.1) is 24.6 Å². The molecule has 36 heavy (non-hydrogen) atoms. The molecule has 5 rings (SSSR count). The summed E-state index contributed by atoms with van der Waals surface area (Å²) in [5, 5.41) is 0. The summed E-state index contributed by atoms with van der Waals surface area (Å²) in [5.74, 6) is -0.388. The van der Waals surface area contributed by atoms with Crippen molar-refractivity contribution in [1.29, 1.82) is 0 Å². The first-order valence-corrected chi connectivity index (χ1v) is 12.0. The van der Waals surface area contributed by atoms with Gasteiger partial charge >= 0.3 is 6.18 Å². The number of carbonyl (C=O) groups excluding carboxylic acids is 1. The van der Waals surface area contributed by atoms with Gasteiger partial charge in [0.2, 0.25) is 0 Å². The number of benzene rings is 1. The molecule has 0 unspecified atom stereocenters. The summed E-state index contributed by atoms with van der Waals surface area (Å²) in [7, 11) is 3.57. The summed E-state index contributed by atoms with van der Waals surface area (Å²) < 4.78 is 46.2. The van der Waals surface area contributed by atoms with Crippen LogP contribution in [-0.4, -0.2) is 83.7 Å². The largest absolute Gasteiger partial charge is 0.496 e. The number of fused-ring (bicyclic) bond motifs is 2. The van der Waals surface area contributed by atoms with Crippen LogP contribution in [0.5, 0.6) is 5.75 Å². The van der Waals surface area contributed by atoms with Crippen LogP contribution in [0.15, 0.2) is 36.7 Å². The molecule has 2 aliphatic heterocycles. The number of nitrogens with zero attached hydrogens (tertiary/aromatic N) is 5. The van der Waals surface area contributed by atoms with Gasteiger partial charge in [-0.05, 0) is 51.1 Å². The number of hydrogen-bond acceptors (Lipinski definition) is 5. The van der Waals surface area contributed by atoms with E-state index in [2.05, 4.69) is 47.8 Å². The minimum Gasteiger partial charge on any atom is -0.496 e. The van der Waals surface area contributed by atoms with Crippen molar-refractivity contribution in [1.82, 2.24) is 19.2 Å². The Balaban J connectivity index is 1.47. The number of hydrogen-bond donors (Lipinski definition) is 0. The van der Waals surface area contributed by atoms with Crippen LogP contribution in [0, 0.1) is 0 Å². The summed E-state index contributed by atoms with van der Waals surface area (Å²) in [6.07, 6.45) is -0.369. The number of amides is 1. The molecular weight excluding hydrogens is 471 g/mol. The van der Waals surface area contributed by atoms with Gasteiger partial charge in [0, 0.05) is 55.2 Å². The van der Waals surface area contributed by atoms with E-state index in [1.807, 2.05) is 16.7 Å². The van der Waals surface area contributed by atoms with Crippen LogP contribution in [-0.2, 0) is 6.42 Å². The fourth-order valence-electron chi connectivity index (χ4n) is 5.15. The number of pyridine rings is 1. The lowest BCUT2D eigenvalue weighted by atomic mass is 9.94. The first-order valence-electron chi connectivity index (χ1n) is 12.0. The maximum atomic E-state index is 12.9. The van der Waals surface area contributed by atoms with Crippen molar-refractivity contribution in [2.75, 3.05) is 51.8 Å². The van der Waals surface area contributed by atoms with Gasteiger partial charge in [0.1, 0.15) is 17.9 Å². The number of rotatable bonds is 4. The van der Waals surface area contributed by atoms with Crippen LogP contribution < -0.4 is 9.64 Å². The minimum atomic E-state index is -4.45. The van der Waals surface area contributed by atoms with E-state index in [1.54, 1.807) is 12.3 Å². The molecule has 0 bridgehead atoms. The van der Waals surface area contributed by atoms with Crippen LogP contribution in [0.2, 0.25) is 0 Å². The lowest BCUT2D eigenvalue weighted by molar-refractivity contribution is -0.141. The van der Waals surface area contributed by atoms with Gasteiger partial charge in [-0.2, -0.15) is 13.2 Å². The highest BCUT2D eigenvalue weighted by atomic mass is 19.4. The van der Waals surface area contributed by atoms with Gasteiger partial charge in [-0.1, -0.05) is 0 Å². The van der Waals surface area contributed by atoms with E-state index < -0.39 is 18.6 Å². The highest BCUT2D eigenvalue weighted by molar-refractivity contribution is 6.00. The maximum absolute atomic E-state index is 12.9. The quantitative estimate of drug-likeness (QED) is 0.539. The first-order chi connectivity index (χ1) is 17.0. The summed E-state index contributed by atoms with van der Waals surface area (Å²) in [5.41, 5.74) is 4.47. The maximum Gasteiger partial charge on any atom is 0.406 e. The van der Waals surface area contributed by atoms with E-state index in [-0.39, 0.29) is 23.4 Å². The standard InChI is InChI=1S/C26H30F3N5O2/c1-25(2)15-32(10-9-31(25)3)19-6-8-34-20(14-30-22(34)13-19)18-11-17-5-7-33(16-26(27,28)29)24(35)23(17)21(12-18)36-4/h6,8,11-14H,5,7,9-10,15-16H2,1-4H3. The normalized spacial score (nSPS) is 18.6. The molecule has 1 fully saturated rings. The van der Waals surface area contributed by atoms with E-state index in [0.29, 0.717) is 12.0 Å². The zero-order valence-electron chi connectivity index (χ0n) is 20.9. The van der Waals surface area contributed by atoms with Crippen molar-refractivity contribution in [3.05, 3.63) is 47.8 Å². The van der Waals surface area contributed by atoms with Crippen LogP contribution in [0.25, 0.3) is 16.9 Å². The Morgan fingerprint density at radius 2 is 1.92 bits per heavy atom. The number of imidazole rings is 1. The Morgan fingerprint density at radius 1 is 1.14 bits per heavy atom. The van der Waals surface area contributed by atoms with Crippen molar-refractivity contribution in [3.63, 3.8) is 0 Å². The molecule has 4 heterocycles. The molecule has 3 aromatic rings. The fourth-order valence-corrected chi connectivity index (χ4v) is 5.15. The Bertz CT molecular complexity index is 1300. The zero-order valence-corrected chi connectivity index (χ0v) is 20.9. The number of halogens is 3. The fraction of sp³-hybridized carbons (Fsp3) is 0.462. The van der Waals surface area contributed by atoms with Gasteiger partial charge in [-0.15, -0.1) is 0 Å². The van der Waals surface area contributed by atoms with E-state index in [1.165, 1.54) is 7.11 Å². The number of carbonyl (C=O) groups is 1. The lowest BCUT2D eigenvalue weighted by Gasteiger charge is -2.46. The molecular formula is C26H30F3N5O2. The third kappa shape index (κ3) is 4.38. The molecule has 0 spiro atoms. The minimum absolute atomic E-state index is 0.00976. The molecule has 0 radical (unpaired) electrons. The molecule has 2 aliphatic rings. The average Bonchev–Trinajstić information content (AvgIpc) is 3.24. The van der Waals surface area contributed by atoms with Crippen LogP contribution in [0.1, 0.15) is 29.8 Å². The molecule has 7 nitrogen and oxygen atoms in total. The average molecular weight is 502 g/mol. The second-order valence-electron chi connectivity index (χ2n) is 10.2. The summed E-state index contributed by atoms with van der Waals surface area (Å²) in [4.78, 5) is 23.1. The van der Waals surface area contributed by atoms with Crippen LogP contribution in [0.3, 0.4) is 0 Å². The predicted octanol–water partition coefficient (Wildman–Crippen LogP) is 4.10. The number of likely N-dealkylation sites (N-methyl/N-ethyl adjacent to an activating group) is 1.